The van der Waals surface area contributed by atoms with E-state index < -0.39 is 42.4 Å². The highest BCUT2D eigenvalue weighted by Crippen LogP contribution is 2.27. The maximum Gasteiger partial charge on any atom is 0.421 e. The number of nitrogens with one attached hydrogen (secondary N) is 2. The van der Waals surface area contributed by atoms with Gasteiger partial charge in [0.15, 0.2) is 6.61 Å². The number of carbonyl (C=O) groups excluding carboxylic acids is 4. The summed E-state index contributed by atoms with van der Waals surface area (Å²) in [7, 11) is 0. The van der Waals surface area contributed by atoms with E-state index in [1.54, 1.807) is 55.6 Å². The number of hydrogen-bond donors (Lipinski definition) is 3. The molecule has 0 saturated carbocycles. The number of amides is 2. The van der Waals surface area contributed by atoms with Crippen LogP contribution in [0, 0.1) is 0 Å². The number of aromatic nitrogens is 1. The number of para-hydroxylation sites is 2. The van der Waals surface area contributed by atoms with E-state index in [0.717, 1.165) is 29.5 Å². The Morgan fingerprint density at radius 3 is 2.40 bits per heavy atom. The van der Waals surface area contributed by atoms with Gasteiger partial charge in [0, 0.05) is 43.0 Å². The minimum absolute atomic E-state index is 0.0375. The van der Waals surface area contributed by atoms with Crippen LogP contribution in [0.1, 0.15) is 59.1 Å². The van der Waals surface area contributed by atoms with Crippen molar-refractivity contribution in [2.24, 2.45) is 0 Å². The van der Waals surface area contributed by atoms with Gasteiger partial charge in [-0.2, -0.15) is 0 Å². The minimum atomic E-state index is -1.56. The summed E-state index contributed by atoms with van der Waals surface area (Å²) in [6.45, 7) is 4.74. The Morgan fingerprint density at radius 2 is 1.65 bits per heavy atom. The summed E-state index contributed by atoms with van der Waals surface area (Å²) in [6.07, 6.45) is 0.285. The van der Waals surface area contributed by atoms with Gasteiger partial charge in [-0.25, -0.2) is 14.4 Å². The average Bonchev–Trinajstić information content (AvgIpc) is 3.94. The van der Waals surface area contributed by atoms with Crippen molar-refractivity contribution < 1.29 is 42.9 Å². The second kappa shape index (κ2) is 17.1. The lowest BCUT2D eigenvalue weighted by Crippen LogP contribution is -2.58. The Balaban J connectivity index is 1.04. The van der Waals surface area contributed by atoms with Crippen molar-refractivity contribution in [3.8, 4) is 0 Å². The summed E-state index contributed by atoms with van der Waals surface area (Å²) in [5.41, 5.74) is 2.31. The molecule has 1 saturated heterocycles. The first-order chi connectivity index (χ1) is 27.5. The molecule has 3 atom stereocenters. The fourth-order valence-corrected chi connectivity index (χ4v) is 7.04. The lowest BCUT2D eigenvalue weighted by molar-refractivity contribution is -0.127. The van der Waals surface area contributed by atoms with Gasteiger partial charge in [0.2, 0.25) is 12.7 Å². The average molecular weight is 773 g/mol. The molecule has 6 aromatic rings. The third-order valence-electron chi connectivity index (χ3n) is 10.1. The van der Waals surface area contributed by atoms with Crippen molar-refractivity contribution in [1.82, 2.24) is 20.1 Å². The molecule has 2 amide bonds. The van der Waals surface area contributed by atoms with Crippen molar-refractivity contribution in [3.05, 3.63) is 143 Å². The number of nitrogens with zero attached hydrogens (tertiary/aromatic N) is 2. The summed E-state index contributed by atoms with van der Waals surface area (Å²) in [5.74, 6) is -0.696. The van der Waals surface area contributed by atoms with Gasteiger partial charge in [-0.05, 0) is 67.3 Å². The first kappa shape index (κ1) is 38.8. The fourth-order valence-electron chi connectivity index (χ4n) is 7.04. The molecular weight excluding hydrogens is 729 g/mol. The number of alkyl carbamates (subject to hydrolysis) is 1. The summed E-state index contributed by atoms with van der Waals surface area (Å²) < 4.78 is 23.2. The van der Waals surface area contributed by atoms with Crippen molar-refractivity contribution >= 4 is 45.9 Å². The van der Waals surface area contributed by atoms with Crippen molar-refractivity contribution in [1.29, 1.82) is 0 Å². The van der Waals surface area contributed by atoms with Gasteiger partial charge in [-0.1, -0.05) is 78.9 Å². The standard InChI is InChI=1S/C44H44N4O9/c1-29(31-10-4-3-5-11-31)45-41(51)44(2,46-42(52)54-27-36-22-33-12-6-9-15-39(33)57-36)23-34-25-48(38-14-8-7-13-37(34)38)43(53)56-28-55-40(50)32-18-16-30(17-19-32)24-47-21-20-35(49)26-47/h3-19,22,25,29,35,49H,20-21,23-24,26-28H2,1-2H3,(H,45,51)(H,46,52). The molecule has 0 aliphatic carbocycles. The number of β-amino-alcohol motifs (C(OH)–C–C–N with tert-alkyl or cyclic N) is 1. The number of benzene rings is 4. The van der Waals surface area contributed by atoms with Crippen molar-refractivity contribution in [2.45, 2.75) is 57.5 Å². The highest BCUT2D eigenvalue weighted by atomic mass is 16.7. The maximum atomic E-state index is 14.1. The highest BCUT2D eigenvalue weighted by Gasteiger charge is 2.38. The third-order valence-corrected chi connectivity index (χ3v) is 10.1. The summed E-state index contributed by atoms with van der Waals surface area (Å²) >= 11 is 0. The smallest absolute Gasteiger partial charge is 0.421 e. The van der Waals surface area contributed by atoms with Crippen LogP contribution in [-0.4, -0.2) is 70.2 Å². The van der Waals surface area contributed by atoms with E-state index in [9.17, 15) is 24.3 Å². The molecule has 1 aliphatic rings. The molecule has 3 heterocycles. The van der Waals surface area contributed by atoms with Crippen LogP contribution in [-0.2, 0) is 38.6 Å². The maximum absolute atomic E-state index is 14.1. The van der Waals surface area contributed by atoms with E-state index >= 15 is 0 Å². The quantitative estimate of drug-likeness (QED) is 0.0836. The monoisotopic (exact) mass is 772 g/mol. The summed E-state index contributed by atoms with van der Waals surface area (Å²) in [4.78, 5) is 55.8. The molecule has 3 unspecified atom stereocenters. The van der Waals surface area contributed by atoms with Crippen molar-refractivity contribution in [3.63, 3.8) is 0 Å². The van der Waals surface area contributed by atoms with Gasteiger partial charge in [0.25, 0.3) is 0 Å². The third kappa shape index (κ3) is 9.34. The fraction of sp³-hybridized carbons (Fsp3) is 0.273. The second-order valence-electron chi connectivity index (χ2n) is 14.4. The van der Waals surface area contributed by atoms with Gasteiger partial charge in [-0.3, -0.25) is 14.3 Å². The Bertz CT molecular complexity index is 2340. The molecule has 2 aromatic heterocycles. The van der Waals surface area contributed by atoms with Crippen LogP contribution in [0.15, 0.2) is 120 Å². The van der Waals surface area contributed by atoms with Gasteiger partial charge in [0.1, 0.15) is 16.9 Å². The number of rotatable bonds is 13. The zero-order valence-electron chi connectivity index (χ0n) is 31.7. The lowest BCUT2D eigenvalue weighted by atomic mass is 9.91. The molecular formula is C44H44N4O9. The Hall–Kier alpha value is -6.44. The number of carbonyl (C=O) groups is 4. The first-order valence-corrected chi connectivity index (χ1v) is 18.8. The van der Waals surface area contributed by atoms with Crippen LogP contribution in [0.25, 0.3) is 21.9 Å². The number of fused-ring (bicyclic) bond motifs is 2. The normalized spacial score (nSPS) is 15.8. The topological polar surface area (TPSA) is 162 Å². The van der Waals surface area contributed by atoms with Crippen LogP contribution in [0.5, 0.6) is 0 Å². The summed E-state index contributed by atoms with van der Waals surface area (Å²) in [6, 6.07) is 32.3. The number of aliphatic hydroxyl groups is 1. The number of ether oxygens (including phenoxy) is 3. The molecule has 0 bridgehead atoms. The van der Waals surface area contributed by atoms with E-state index in [4.69, 9.17) is 18.6 Å². The van der Waals surface area contributed by atoms with Crippen LogP contribution >= 0.6 is 0 Å². The molecule has 0 radical (unpaired) electrons. The molecule has 1 aliphatic heterocycles. The number of likely N-dealkylation sites (tertiary alicyclic amines) is 1. The Morgan fingerprint density at radius 1 is 0.912 bits per heavy atom. The minimum Gasteiger partial charge on any atom is -0.457 e. The molecule has 13 nitrogen and oxygen atoms in total. The molecule has 0 spiro atoms. The van der Waals surface area contributed by atoms with E-state index in [0.29, 0.717) is 46.5 Å². The number of esters is 1. The number of aliphatic hydroxyl groups excluding tert-OH is 1. The molecule has 57 heavy (non-hydrogen) atoms. The predicted octanol–water partition coefficient (Wildman–Crippen LogP) is 6.86. The Kier molecular flexibility index (Phi) is 11.7. The zero-order chi connectivity index (χ0) is 39.9. The van der Waals surface area contributed by atoms with Gasteiger partial charge < -0.3 is 34.4 Å². The van der Waals surface area contributed by atoms with Crippen LogP contribution in [0.3, 0.4) is 0 Å². The van der Waals surface area contributed by atoms with Gasteiger partial charge in [0.05, 0.1) is 23.2 Å². The predicted molar refractivity (Wildman–Crippen MR) is 211 cm³/mol. The van der Waals surface area contributed by atoms with Crippen molar-refractivity contribution in [2.75, 3.05) is 19.9 Å². The molecule has 1 fully saturated rings. The van der Waals surface area contributed by atoms with Crippen LogP contribution < -0.4 is 10.6 Å². The molecule has 294 valence electrons. The molecule has 4 aromatic carbocycles. The molecule has 3 N–H and O–H groups in total. The van der Waals surface area contributed by atoms with Gasteiger partial charge in [-0.15, -0.1) is 0 Å². The SMILES string of the molecule is CC(NC(=O)C(C)(Cc1cn(C(=O)OCOC(=O)c2ccc(CN3CCC(O)C3)cc2)c2ccccc12)NC(=O)OCc1cc2ccccc2o1)c1ccccc1. The summed E-state index contributed by atoms with van der Waals surface area (Å²) in [5, 5.41) is 17.1. The number of hydrogen-bond acceptors (Lipinski definition) is 10. The van der Waals surface area contributed by atoms with Crippen LogP contribution in [0.4, 0.5) is 9.59 Å². The Labute approximate surface area is 329 Å². The largest absolute Gasteiger partial charge is 0.457 e. The van der Waals surface area contributed by atoms with Crippen LogP contribution in [0.2, 0.25) is 0 Å². The first-order valence-electron chi connectivity index (χ1n) is 18.8. The lowest BCUT2D eigenvalue weighted by Gasteiger charge is -2.30. The second-order valence-corrected chi connectivity index (χ2v) is 14.4. The molecule has 7 rings (SSSR count). The van der Waals surface area contributed by atoms with E-state index in [-0.39, 0.29) is 19.1 Å². The highest BCUT2D eigenvalue weighted by molar-refractivity contribution is 5.95. The number of furan rings is 1. The molecule has 13 heteroatoms. The van der Waals surface area contributed by atoms with Gasteiger partial charge >= 0.3 is 18.2 Å². The zero-order valence-corrected chi connectivity index (χ0v) is 31.7. The van der Waals surface area contributed by atoms with E-state index in [1.165, 1.54) is 4.57 Å². The van der Waals surface area contributed by atoms with E-state index in [1.807, 2.05) is 73.7 Å². The van der Waals surface area contributed by atoms with E-state index in [2.05, 4.69) is 15.5 Å².